The van der Waals surface area contributed by atoms with Gasteiger partial charge in [0.05, 0.1) is 7.11 Å². The van der Waals surface area contributed by atoms with Gasteiger partial charge in [0.1, 0.15) is 5.75 Å². The maximum absolute atomic E-state index is 11.6. The third-order valence-electron chi connectivity index (χ3n) is 2.53. The number of carbonyl (C=O) groups excluding carboxylic acids is 1. The van der Waals surface area contributed by atoms with Crippen LogP contribution in [-0.2, 0) is 0 Å². The quantitative estimate of drug-likeness (QED) is 0.625. The lowest BCUT2D eigenvalue weighted by molar-refractivity contribution is 0.101. The summed E-state index contributed by atoms with van der Waals surface area (Å²) in [6.45, 7) is 0. The summed E-state index contributed by atoms with van der Waals surface area (Å²) in [5.74, 6) is 0.496. The van der Waals surface area contributed by atoms with Gasteiger partial charge < -0.3 is 4.74 Å². The van der Waals surface area contributed by atoms with Crippen LogP contribution in [0.15, 0.2) is 36.4 Å². The first kappa shape index (κ1) is 12.2. The second-order valence-electron chi connectivity index (χ2n) is 3.59. The molecule has 0 aromatic heterocycles. The fourth-order valence-corrected chi connectivity index (χ4v) is 1.88. The molecule has 0 aliphatic carbocycles. The highest BCUT2D eigenvalue weighted by molar-refractivity contribution is 6.55. The van der Waals surface area contributed by atoms with E-state index in [9.17, 15) is 4.79 Å². The molecule has 88 valence electrons. The molecule has 2 nitrogen and oxygen atoms in total. The molecule has 0 radical (unpaired) electrons. The first-order valence-electron chi connectivity index (χ1n) is 5.02. The number of rotatable bonds is 3. The topological polar surface area (TPSA) is 26.3 Å². The Balaban J connectivity index is 2.48. The average Bonchev–Trinajstić information content (AvgIpc) is 2.36. The minimum atomic E-state index is -1.02. The Labute approximate surface area is 109 Å². The molecule has 2 rings (SSSR count). The van der Waals surface area contributed by atoms with Gasteiger partial charge in [0.2, 0.25) is 0 Å². The molecule has 0 aliphatic heterocycles. The summed E-state index contributed by atoms with van der Waals surface area (Å²) in [5, 5.41) is 1.95. The zero-order chi connectivity index (χ0) is 12.4. The molecule has 0 fully saturated rings. The standard InChI is InChI=1S/C13H10Cl2O2/c1-17-11-5-4-8-6-10(12(16)13(14)15)3-2-9(8)7-11/h2-7,13H,1H3. The number of ketones is 1. The van der Waals surface area contributed by atoms with Gasteiger partial charge in [-0.1, -0.05) is 41.4 Å². The van der Waals surface area contributed by atoms with Crippen molar-refractivity contribution >= 4 is 39.8 Å². The number of Topliss-reactive ketones (excluding diaryl/α,β-unsaturated/α-hetero) is 1. The van der Waals surface area contributed by atoms with Crippen molar-refractivity contribution < 1.29 is 9.53 Å². The van der Waals surface area contributed by atoms with Gasteiger partial charge in [-0.15, -0.1) is 0 Å². The Morgan fingerprint density at radius 1 is 1.12 bits per heavy atom. The van der Waals surface area contributed by atoms with Gasteiger partial charge in [-0.05, 0) is 29.0 Å². The van der Waals surface area contributed by atoms with E-state index in [4.69, 9.17) is 27.9 Å². The number of methoxy groups -OCH3 is 1. The summed E-state index contributed by atoms with van der Waals surface area (Å²) in [5.41, 5.74) is 0.512. The van der Waals surface area contributed by atoms with Crippen molar-refractivity contribution in [3.8, 4) is 5.75 Å². The minimum Gasteiger partial charge on any atom is -0.497 e. The smallest absolute Gasteiger partial charge is 0.195 e. The van der Waals surface area contributed by atoms with Gasteiger partial charge >= 0.3 is 0 Å². The molecule has 4 heteroatoms. The molecule has 2 aromatic rings. The Morgan fingerprint density at radius 2 is 1.76 bits per heavy atom. The number of alkyl halides is 2. The van der Waals surface area contributed by atoms with E-state index in [0.29, 0.717) is 5.56 Å². The first-order valence-corrected chi connectivity index (χ1v) is 5.89. The zero-order valence-corrected chi connectivity index (χ0v) is 10.6. The van der Waals surface area contributed by atoms with Crippen LogP contribution in [0.1, 0.15) is 10.4 Å². The largest absolute Gasteiger partial charge is 0.497 e. The molecule has 2 aromatic carbocycles. The zero-order valence-electron chi connectivity index (χ0n) is 9.11. The van der Waals surface area contributed by atoms with Crippen LogP contribution in [0, 0.1) is 0 Å². The van der Waals surface area contributed by atoms with Crippen LogP contribution in [0.25, 0.3) is 10.8 Å². The summed E-state index contributed by atoms with van der Waals surface area (Å²) in [4.78, 5) is 10.6. The van der Waals surface area contributed by atoms with Crippen molar-refractivity contribution in [1.29, 1.82) is 0 Å². The van der Waals surface area contributed by atoms with Crippen molar-refractivity contribution in [2.45, 2.75) is 4.84 Å². The minimum absolute atomic E-state index is 0.286. The van der Waals surface area contributed by atoms with Gasteiger partial charge in [-0.2, -0.15) is 0 Å². The Bertz CT molecular complexity index is 564. The van der Waals surface area contributed by atoms with Crippen molar-refractivity contribution in [2.24, 2.45) is 0 Å². The van der Waals surface area contributed by atoms with Crippen LogP contribution >= 0.6 is 23.2 Å². The lowest BCUT2D eigenvalue weighted by Gasteiger charge is -2.05. The lowest BCUT2D eigenvalue weighted by atomic mass is 10.0. The molecule has 0 spiro atoms. The second-order valence-corrected chi connectivity index (χ2v) is 4.69. The van der Waals surface area contributed by atoms with Crippen LogP contribution in [0.4, 0.5) is 0 Å². The van der Waals surface area contributed by atoms with Crippen molar-refractivity contribution in [3.63, 3.8) is 0 Å². The summed E-state index contributed by atoms with van der Waals surface area (Å²) in [6, 6.07) is 11.0. The second kappa shape index (κ2) is 4.94. The van der Waals surface area contributed by atoms with Crippen LogP contribution in [0.5, 0.6) is 5.75 Å². The highest BCUT2D eigenvalue weighted by atomic mass is 35.5. The van der Waals surface area contributed by atoms with E-state index >= 15 is 0 Å². The Hall–Kier alpha value is -1.25. The number of ether oxygens (including phenoxy) is 1. The third-order valence-corrected chi connectivity index (χ3v) is 2.93. The van der Waals surface area contributed by atoms with Crippen LogP contribution in [0.3, 0.4) is 0 Å². The summed E-state index contributed by atoms with van der Waals surface area (Å²) < 4.78 is 5.13. The first-order chi connectivity index (χ1) is 8.11. The monoisotopic (exact) mass is 268 g/mol. The Kier molecular flexibility index (Phi) is 3.55. The number of halogens is 2. The van der Waals surface area contributed by atoms with E-state index in [1.54, 1.807) is 19.2 Å². The van der Waals surface area contributed by atoms with E-state index in [-0.39, 0.29) is 5.78 Å². The SMILES string of the molecule is COc1ccc2cc(C(=O)C(Cl)Cl)ccc2c1. The molecule has 0 saturated carbocycles. The molecule has 0 amide bonds. The number of hydrogen-bond acceptors (Lipinski definition) is 2. The third kappa shape index (κ3) is 2.54. The molecule has 0 bridgehead atoms. The maximum Gasteiger partial charge on any atom is 0.195 e. The molecule has 0 unspecified atom stereocenters. The predicted octanol–water partition coefficient (Wildman–Crippen LogP) is 3.83. The van der Waals surface area contributed by atoms with E-state index in [0.717, 1.165) is 16.5 Å². The number of hydrogen-bond donors (Lipinski definition) is 0. The van der Waals surface area contributed by atoms with E-state index in [1.165, 1.54) is 0 Å². The maximum atomic E-state index is 11.6. The molecule has 0 heterocycles. The normalized spacial score (nSPS) is 10.8. The number of carbonyl (C=O) groups is 1. The molecule has 0 saturated heterocycles. The highest BCUT2D eigenvalue weighted by Crippen LogP contribution is 2.23. The van der Waals surface area contributed by atoms with Gasteiger partial charge in [-0.25, -0.2) is 0 Å². The van der Waals surface area contributed by atoms with Crippen molar-refractivity contribution in [1.82, 2.24) is 0 Å². The summed E-state index contributed by atoms with van der Waals surface area (Å²) in [7, 11) is 1.62. The van der Waals surface area contributed by atoms with Gasteiger partial charge in [-0.3, -0.25) is 4.79 Å². The summed E-state index contributed by atoms with van der Waals surface area (Å²) >= 11 is 11.1. The van der Waals surface area contributed by atoms with E-state index in [2.05, 4.69) is 0 Å². The number of benzene rings is 2. The molecule has 0 N–H and O–H groups in total. The molecule has 17 heavy (non-hydrogen) atoms. The molecule has 0 atom stereocenters. The van der Waals surface area contributed by atoms with Gasteiger partial charge in [0, 0.05) is 5.56 Å². The van der Waals surface area contributed by atoms with Gasteiger partial charge in [0.15, 0.2) is 10.6 Å². The number of fused-ring (bicyclic) bond motifs is 1. The molecular formula is C13H10Cl2O2. The molecule has 0 aliphatic rings. The van der Waals surface area contributed by atoms with Crippen LogP contribution in [-0.4, -0.2) is 17.7 Å². The Morgan fingerprint density at radius 3 is 2.41 bits per heavy atom. The lowest BCUT2D eigenvalue weighted by Crippen LogP contribution is -2.07. The fraction of sp³-hybridized carbons (Fsp3) is 0.154. The van der Waals surface area contributed by atoms with Crippen molar-refractivity contribution in [3.05, 3.63) is 42.0 Å². The van der Waals surface area contributed by atoms with Crippen LogP contribution < -0.4 is 4.74 Å². The van der Waals surface area contributed by atoms with Crippen LogP contribution in [0.2, 0.25) is 0 Å². The highest BCUT2D eigenvalue weighted by Gasteiger charge is 2.14. The average molecular weight is 269 g/mol. The predicted molar refractivity (Wildman–Crippen MR) is 70.3 cm³/mol. The molecular weight excluding hydrogens is 259 g/mol. The van der Waals surface area contributed by atoms with E-state index < -0.39 is 4.84 Å². The van der Waals surface area contributed by atoms with E-state index in [1.807, 2.05) is 24.3 Å². The fourth-order valence-electron chi connectivity index (χ4n) is 1.63. The summed E-state index contributed by atoms with van der Waals surface area (Å²) in [6.07, 6.45) is 0. The van der Waals surface area contributed by atoms with Gasteiger partial charge in [0.25, 0.3) is 0 Å². The van der Waals surface area contributed by atoms with Crippen molar-refractivity contribution in [2.75, 3.05) is 7.11 Å².